The monoisotopic (exact) mass is 310 g/mol. The van der Waals surface area contributed by atoms with Crippen LogP contribution in [0.1, 0.15) is 20.3 Å². The molecular weight excluding hydrogens is 292 g/mol. The molecule has 0 aliphatic heterocycles. The Bertz CT molecular complexity index is 561. The average molecular weight is 310 g/mol. The van der Waals surface area contributed by atoms with E-state index in [1.807, 2.05) is 0 Å². The van der Waals surface area contributed by atoms with Gasteiger partial charge in [0.05, 0.1) is 11.3 Å². The van der Waals surface area contributed by atoms with Crippen molar-refractivity contribution in [2.24, 2.45) is 5.92 Å². The van der Waals surface area contributed by atoms with Gasteiger partial charge in [-0.25, -0.2) is 4.98 Å². The summed E-state index contributed by atoms with van der Waals surface area (Å²) in [6.07, 6.45) is 1.19. The van der Waals surface area contributed by atoms with Gasteiger partial charge in [-0.05, 0) is 12.0 Å². The lowest BCUT2D eigenvalue weighted by Gasteiger charge is -2.21. The summed E-state index contributed by atoms with van der Waals surface area (Å²) in [4.78, 5) is 36.8. The molecular formula is C13H18N4O5. The molecule has 1 rings (SSSR count). The van der Waals surface area contributed by atoms with Crippen molar-refractivity contribution < 1.29 is 19.6 Å². The van der Waals surface area contributed by atoms with E-state index in [-0.39, 0.29) is 30.4 Å². The minimum atomic E-state index is -1.02. The van der Waals surface area contributed by atoms with Crippen LogP contribution in [-0.2, 0) is 9.59 Å². The number of amides is 1. The molecule has 1 aromatic rings. The lowest BCUT2D eigenvalue weighted by molar-refractivity contribution is -0.384. The summed E-state index contributed by atoms with van der Waals surface area (Å²) in [5.41, 5.74) is -0.230. The predicted molar refractivity (Wildman–Crippen MR) is 78.4 cm³/mol. The number of nitrogens with zero attached hydrogens (tertiary/aromatic N) is 2. The first-order valence-corrected chi connectivity index (χ1v) is 6.68. The number of rotatable bonds is 8. The maximum absolute atomic E-state index is 12.1. The molecule has 0 spiro atoms. The number of carbonyl (C=O) groups is 2. The molecule has 9 heteroatoms. The van der Waals surface area contributed by atoms with Crippen molar-refractivity contribution in [3.63, 3.8) is 0 Å². The third-order valence-electron chi connectivity index (χ3n) is 2.86. The average Bonchev–Trinajstić information content (AvgIpc) is 2.44. The summed E-state index contributed by atoms with van der Waals surface area (Å²) in [6.45, 7) is 3.52. The number of aliphatic carboxylic acids is 1. The van der Waals surface area contributed by atoms with Crippen LogP contribution in [0, 0.1) is 16.0 Å². The molecule has 1 heterocycles. The van der Waals surface area contributed by atoms with E-state index in [1.165, 1.54) is 18.3 Å². The van der Waals surface area contributed by atoms with E-state index in [4.69, 9.17) is 5.11 Å². The number of anilines is 1. The number of carboxylic acids is 1. The number of hydrogen-bond donors (Lipinski definition) is 3. The number of aromatic nitrogens is 1. The Hall–Kier alpha value is -2.71. The molecule has 0 aliphatic carbocycles. The van der Waals surface area contributed by atoms with E-state index in [0.717, 1.165) is 0 Å². The van der Waals surface area contributed by atoms with Crippen LogP contribution < -0.4 is 10.6 Å². The zero-order valence-corrected chi connectivity index (χ0v) is 12.3. The van der Waals surface area contributed by atoms with Gasteiger partial charge in [-0.1, -0.05) is 13.8 Å². The largest absolute Gasteiger partial charge is 0.481 e. The molecule has 9 nitrogen and oxygen atoms in total. The summed E-state index contributed by atoms with van der Waals surface area (Å²) in [6, 6.07) is 1.96. The van der Waals surface area contributed by atoms with Crippen molar-refractivity contribution in [3.8, 4) is 0 Å². The number of carboxylic acid groups (broad SMARTS) is 1. The molecule has 1 unspecified atom stereocenters. The number of hydrogen-bond acceptors (Lipinski definition) is 6. The molecule has 1 aromatic heterocycles. The maximum atomic E-state index is 12.1. The van der Waals surface area contributed by atoms with Crippen molar-refractivity contribution >= 4 is 23.4 Å². The second-order valence-corrected chi connectivity index (χ2v) is 4.93. The Morgan fingerprint density at radius 3 is 2.68 bits per heavy atom. The van der Waals surface area contributed by atoms with Gasteiger partial charge in [0.15, 0.2) is 0 Å². The summed E-state index contributed by atoms with van der Waals surface area (Å²) < 4.78 is 0. The van der Waals surface area contributed by atoms with Gasteiger partial charge in [0, 0.05) is 18.8 Å². The van der Waals surface area contributed by atoms with Crippen LogP contribution in [0.15, 0.2) is 18.3 Å². The van der Waals surface area contributed by atoms with E-state index < -0.39 is 22.8 Å². The normalized spacial score (nSPS) is 11.8. The molecule has 1 atom stereocenters. The minimum absolute atomic E-state index is 0.000385. The highest BCUT2D eigenvalue weighted by Gasteiger charge is 2.25. The standard InChI is InChI=1S/C13H18N4O5/c1-8(2)11(13(20)15-7-5-10(18)19)16-12-9(17(21)22)4-3-6-14-12/h3-4,6,8,11H,5,7H2,1-2H3,(H,14,16)(H,15,20)(H,18,19). The van der Waals surface area contributed by atoms with E-state index in [0.29, 0.717) is 0 Å². The van der Waals surface area contributed by atoms with Crippen LogP contribution in [0.2, 0.25) is 0 Å². The highest BCUT2D eigenvalue weighted by atomic mass is 16.6. The number of nitrogens with one attached hydrogen (secondary N) is 2. The van der Waals surface area contributed by atoms with E-state index >= 15 is 0 Å². The first kappa shape index (κ1) is 17.3. The van der Waals surface area contributed by atoms with Gasteiger partial charge in [0.25, 0.3) is 0 Å². The predicted octanol–water partition coefficient (Wildman–Crippen LogP) is 1.02. The molecule has 0 saturated heterocycles. The lowest BCUT2D eigenvalue weighted by atomic mass is 10.0. The molecule has 0 saturated carbocycles. The Morgan fingerprint density at radius 2 is 2.14 bits per heavy atom. The zero-order chi connectivity index (χ0) is 16.7. The number of nitro groups is 1. The fourth-order valence-electron chi connectivity index (χ4n) is 1.74. The van der Waals surface area contributed by atoms with Crippen molar-refractivity contribution in [1.29, 1.82) is 0 Å². The second-order valence-electron chi connectivity index (χ2n) is 4.93. The van der Waals surface area contributed by atoms with Crippen LogP contribution in [0.5, 0.6) is 0 Å². The van der Waals surface area contributed by atoms with Gasteiger partial charge in [-0.3, -0.25) is 19.7 Å². The van der Waals surface area contributed by atoms with Crippen molar-refractivity contribution in [2.45, 2.75) is 26.3 Å². The SMILES string of the molecule is CC(C)C(Nc1ncccc1[N+](=O)[O-])C(=O)NCCC(=O)O. The van der Waals surface area contributed by atoms with Gasteiger partial charge >= 0.3 is 11.7 Å². The van der Waals surface area contributed by atoms with E-state index in [1.54, 1.807) is 13.8 Å². The van der Waals surface area contributed by atoms with Crippen LogP contribution in [-0.4, -0.2) is 39.5 Å². The maximum Gasteiger partial charge on any atom is 0.311 e. The van der Waals surface area contributed by atoms with Gasteiger partial charge in [-0.2, -0.15) is 0 Å². The van der Waals surface area contributed by atoms with Crippen molar-refractivity contribution in [3.05, 3.63) is 28.4 Å². The lowest BCUT2D eigenvalue weighted by Crippen LogP contribution is -2.43. The number of pyridine rings is 1. The Kier molecular flexibility index (Phi) is 6.24. The van der Waals surface area contributed by atoms with Gasteiger partial charge in [0.2, 0.25) is 11.7 Å². The number of carbonyl (C=O) groups excluding carboxylic acids is 1. The Labute approximate surface area is 126 Å². The first-order valence-electron chi connectivity index (χ1n) is 6.68. The summed E-state index contributed by atoms with van der Waals surface area (Å²) in [7, 11) is 0. The van der Waals surface area contributed by atoms with Crippen molar-refractivity contribution in [2.75, 3.05) is 11.9 Å². The smallest absolute Gasteiger partial charge is 0.311 e. The molecule has 22 heavy (non-hydrogen) atoms. The van der Waals surface area contributed by atoms with Crippen LogP contribution in [0.3, 0.4) is 0 Å². The van der Waals surface area contributed by atoms with Crippen molar-refractivity contribution in [1.82, 2.24) is 10.3 Å². The zero-order valence-electron chi connectivity index (χ0n) is 12.3. The molecule has 3 N–H and O–H groups in total. The molecule has 0 aliphatic rings. The molecule has 0 bridgehead atoms. The minimum Gasteiger partial charge on any atom is -0.481 e. The third-order valence-corrected chi connectivity index (χ3v) is 2.86. The summed E-state index contributed by atoms with van der Waals surface area (Å²) in [5, 5.41) is 24.7. The first-order chi connectivity index (χ1) is 10.3. The third kappa shape index (κ3) is 5.00. The molecule has 120 valence electrons. The second kappa shape index (κ2) is 7.91. The highest BCUT2D eigenvalue weighted by Crippen LogP contribution is 2.22. The van der Waals surface area contributed by atoms with Gasteiger partial charge < -0.3 is 15.7 Å². The van der Waals surface area contributed by atoms with Crippen LogP contribution >= 0.6 is 0 Å². The Balaban J connectivity index is 2.82. The van der Waals surface area contributed by atoms with Crippen LogP contribution in [0.4, 0.5) is 11.5 Å². The quantitative estimate of drug-likeness (QED) is 0.482. The Morgan fingerprint density at radius 1 is 1.45 bits per heavy atom. The van der Waals surface area contributed by atoms with E-state index in [2.05, 4.69) is 15.6 Å². The van der Waals surface area contributed by atoms with E-state index in [9.17, 15) is 19.7 Å². The summed E-state index contributed by atoms with van der Waals surface area (Å²) in [5.74, 6) is -1.63. The summed E-state index contributed by atoms with van der Waals surface area (Å²) >= 11 is 0. The van der Waals surface area contributed by atoms with Gasteiger partial charge in [-0.15, -0.1) is 0 Å². The van der Waals surface area contributed by atoms with Crippen LogP contribution in [0.25, 0.3) is 0 Å². The molecule has 0 fully saturated rings. The molecule has 0 radical (unpaired) electrons. The topological polar surface area (TPSA) is 134 Å². The molecule has 1 amide bonds. The highest BCUT2D eigenvalue weighted by molar-refractivity contribution is 5.85. The fourth-order valence-corrected chi connectivity index (χ4v) is 1.74. The molecule has 0 aromatic carbocycles. The fraction of sp³-hybridized carbons (Fsp3) is 0.462. The van der Waals surface area contributed by atoms with Gasteiger partial charge in [0.1, 0.15) is 6.04 Å².